The third-order valence-corrected chi connectivity index (χ3v) is 2.80. The van der Waals surface area contributed by atoms with Crippen molar-refractivity contribution in [3.63, 3.8) is 0 Å². The molecule has 1 unspecified atom stereocenters. The van der Waals surface area contributed by atoms with E-state index in [-0.39, 0.29) is 28.4 Å². The zero-order valence-electron chi connectivity index (χ0n) is 13.5. The van der Waals surface area contributed by atoms with E-state index in [0.29, 0.717) is 0 Å². The number of aromatic hydroxyl groups is 1. The average molecular weight is 395 g/mol. The number of aromatic amines is 1. The third-order valence-electron chi connectivity index (χ3n) is 2.80. The van der Waals surface area contributed by atoms with Crippen LogP contribution in [0, 0.1) is 13.8 Å². The first kappa shape index (κ1) is 22.4. The molecule has 0 amide bonds. The minimum atomic E-state index is -1.61. The number of phenols is 1. The first-order valence-electron chi connectivity index (χ1n) is 7.00. The standard InChI is InChI=1S/C11H11NO5.C5H8N2.Cu/c13-9-4-2-1-3-7(9)6-12-8(11(16)17)5-10(14)15;1-4-3-5(2)7-6-4;/h1-4,6,8,13H,5H2,(H,14,15)(H,16,17);3H,1-2H3,(H,6,7);/q;;+2/p-2. The van der Waals surface area contributed by atoms with Crippen molar-refractivity contribution in [2.75, 3.05) is 0 Å². The summed E-state index contributed by atoms with van der Waals surface area (Å²) < 4.78 is 0. The Kier molecular flexibility index (Phi) is 9.85. The quantitative estimate of drug-likeness (QED) is 0.496. The number of nitrogens with zero attached hydrogens (tertiary/aromatic N) is 2. The molecule has 0 spiro atoms. The molecule has 1 atom stereocenters. The molecule has 9 heteroatoms. The van der Waals surface area contributed by atoms with E-state index in [0.717, 1.165) is 17.6 Å². The molecule has 8 nitrogen and oxygen atoms in total. The monoisotopic (exact) mass is 394 g/mol. The van der Waals surface area contributed by atoms with Crippen LogP contribution in [0.4, 0.5) is 0 Å². The number of carbonyl (C=O) groups excluding carboxylic acids is 2. The summed E-state index contributed by atoms with van der Waals surface area (Å²) in [6, 6.07) is 6.58. The molecular weight excluding hydrogens is 378 g/mol. The zero-order chi connectivity index (χ0) is 18.1. The molecule has 0 fully saturated rings. The third kappa shape index (κ3) is 8.69. The molecule has 0 aliphatic rings. The molecule has 137 valence electrons. The number of hydrogen-bond donors (Lipinski definition) is 2. The second kappa shape index (κ2) is 11.0. The molecule has 0 aliphatic carbocycles. The molecule has 1 radical (unpaired) electrons. The normalized spacial score (nSPS) is 11.1. The number of benzene rings is 1. The van der Waals surface area contributed by atoms with Gasteiger partial charge in [0.2, 0.25) is 0 Å². The van der Waals surface area contributed by atoms with Gasteiger partial charge in [-0.15, -0.1) is 0 Å². The molecule has 0 saturated carbocycles. The second-order valence-corrected chi connectivity index (χ2v) is 4.94. The van der Waals surface area contributed by atoms with E-state index in [9.17, 15) is 24.9 Å². The van der Waals surface area contributed by atoms with Crippen LogP contribution in [0.2, 0.25) is 0 Å². The van der Waals surface area contributed by atoms with E-state index in [1.807, 2.05) is 19.9 Å². The van der Waals surface area contributed by atoms with Crippen molar-refractivity contribution in [2.45, 2.75) is 26.3 Å². The summed E-state index contributed by atoms with van der Waals surface area (Å²) in [6.45, 7) is 3.95. The Bertz CT molecular complexity index is 714. The number of aromatic nitrogens is 2. The van der Waals surface area contributed by atoms with Crippen LogP contribution >= 0.6 is 0 Å². The van der Waals surface area contributed by atoms with Crippen LogP contribution in [-0.2, 0) is 26.7 Å². The van der Waals surface area contributed by atoms with Gasteiger partial charge in [0.25, 0.3) is 0 Å². The molecule has 0 bridgehead atoms. The maximum atomic E-state index is 10.6. The van der Waals surface area contributed by atoms with Crippen molar-refractivity contribution >= 4 is 18.2 Å². The van der Waals surface area contributed by atoms with Crippen molar-refractivity contribution in [1.29, 1.82) is 0 Å². The fourth-order valence-corrected chi connectivity index (χ4v) is 1.68. The van der Waals surface area contributed by atoms with Gasteiger partial charge in [-0.2, -0.15) is 5.10 Å². The van der Waals surface area contributed by atoms with Crippen molar-refractivity contribution in [3.8, 4) is 5.75 Å². The summed E-state index contributed by atoms with van der Waals surface area (Å²) in [4.78, 5) is 24.4. The van der Waals surface area contributed by atoms with Crippen LogP contribution in [-0.4, -0.2) is 39.5 Å². The smallest absolute Gasteiger partial charge is 0.550 e. The Morgan fingerprint density at radius 1 is 1.32 bits per heavy atom. The first-order chi connectivity index (χ1) is 11.3. The maximum absolute atomic E-state index is 10.6. The molecule has 1 aromatic heterocycles. The molecule has 1 heterocycles. The number of aryl methyl sites for hydroxylation is 2. The number of H-pyrrole nitrogens is 1. The molecule has 2 rings (SSSR count). The number of para-hydroxylation sites is 1. The number of phenolic OH excluding ortho intramolecular Hbond substituents is 1. The summed E-state index contributed by atoms with van der Waals surface area (Å²) >= 11 is 0. The predicted octanol–water partition coefficient (Wildman–Crippen LogP) is -0.906. The number of aliphatic imine (C=N–C) groups is 1. The summed E-state index contributed by atoms with van der Waals surface area (Å²) in [5.41, 5.74) is 2.46. The van der Waals surface area contributed by atoms with Gasteiger partial charge in [0.1, 0.15) is 5.75 Å². The van der Waals surface area contributed by atoms with Crippen LogP contribution < -0.4 is 10.2 Å². The van der Waals surface area contributed by atoms with Gasteiger partial charge >= 0.3 is 17.1 Å². The minimum Gasteiger partial charge on any atom is -0.550 e. The number of rotatable bonds is 5. The second-order valence-electron chi connectivity index (χ2n) is 4.94. The summed E-state index contributed by atoms with van der Waals surface area (Å²) in [5.74, 6) is -3.23. The van der Waals surface area contributed by atoms with E-state index >= 15 is 0 Å². The average Bonchev–Trinajstić information content (AvgIpc) is 2.88. The number of carboxylic acids is 2. The van der Waals surface area contributed by atoms with Crippen molar-refractivity contribution in [1.82, 2.24) is 10.2 Å². The van der Waals surface area contributed by atoms with Crippen molar-refractivity contribution in [2.24, 2.45) is 4.99 Å². The molecule has 1 aromatic carbocycles. The van der Waals surface area contributed by atoms with Crippen LogP contribution in [0.25, 0.3) is 0 Å². The summed E-state index contributed by atoms with van der Waals surface area (Å²) in [7, 11) is 0. The number of carbonyl (C=O) groups is 2. The van der Waals surface area contributed by atoms with Gasteiger partial charge in [0.05, 0.1) is 17.7 Å². The summed E-state index contributed by atoms with van der Waals surface area (Å²) in [5, 5.41) is 36.9. The molecule has 2 aromatic rings. The Morgan fingerprint density at radius 3 is 2.36 bits per heavy atom. The van der Waals surface area contributed by atoms with Crippen LogP contribution in [0.5, 0.6) is 5.75 Å². The van der Waals surface area contributed by atoms with Gasteiger partial charge in [-0.25, -0.2) is 0 Å². The van der Waals surface area contributed by atoms with Gasteiger partial charge in [-0.3, -0.25) is 10.1 Å². The van der Waals surface area contributed by atoms with E-state index in [1.54, 1.807) is 12.1 Å². The van der Waals surface area contributed by atoms with E-state index in [2.05, 4.69) is 15.2 Å². The topological polar surface area (TPSA) is 142 Å². The number of hydrogen-bond acceptors (Lipinski definition) is 7. The summed E-state index contributed by atoms with van der Waals surface area (Å²) in [6.07, 6.45) is 0.311. The Hall–Kier alpha value is -2.64. The molecule has 0 saturated heterocycles. The predicted molar refractivity (Wildman–Crippen MR) is 82.2 cm³/mol. The van der Waals surface area contributed by atoms with Crippen LogP contribution in [0.3, 0.4) is 0 Å². The zero-order valence-corrected chi connectivity index (χ0v) is 14.5. The molecular formula is C16H17CuN3O5. The van der Waals surface area contributed by atoms with Gasteiger partial charge in [0.15, 0.2) is 0 Å². The van der Waals surface area contributed by atoms with Gasteiger partial charge in [-0.05, 0) is 32.0 Å². The number of nitrogens with one attached hydrogen (secondary N) is 1. The van der Waals surface area contributed by atoms with Crippen molar-refractivity contribution < 1.29 is 42.0 Å². The Labute approximate surface area is 155 Å². The van der Waals surface area contributed by atoms with Crippen LogP contribution in [0.15, 0.2) is 35.3 Å². The van der Waals surface area contributed by atoms with Gasteiger partial charge < -0.3 is 24.9 Å². The Balaban J connectivity index is 0.000000603. The van der Waals surface area contributed by atoms with E-state index in [1.165, 1.54) is 12.1 Å². The maximum Gasteiger partial charge on any atom is 2.00 e. The van der Waals surface area contributed by atoms with Crippen molar-refractivity contribution in [3.05, 3.63) is 47.3 Å². The first-order valence-corrected chi connectivity index (χ1v) is 7.00. The van der Waals surface area contributed by atoms with Crippen LogP contribution in [0.1, 0.15) is 23.4 Å². The number of carboxylic acid groups (broad SMARTS) is 2. The van der Waals surface area contributed by atoms with E-state index in [4.69, 9.17) is 0 Å². The Morgan fingerprint density at radius 2 is 1.96 bits per heavy atom. The number of aliphatic carboxylic acids is 2. The van der Waals surface area contributed by atoms with E-state index < -0.39 is 24.4 Å². The molecule has 0 aliphatic heterocycles. The van der Waals surface area contributed by atoms with Gasteiger partial charge in [-0.1, -0.05) is 12.1 Å². The SMILES string of the molecule is Cc1cc(C)[nH]n1.O=C([O-])CC(N=Cc1ccccc1O)C(=O)[O-].[Cu+2]. The van der Waals surface area contributed by atoms with Gasteiger partial charge in [0, 0.05) is 29.9 Å². The fourth-order valence-electron chi connectivity index (χ4n) is 1.68. The molecule has 25 heavy (non-hydrogen) atoms. The fraction of sp³-hybridized carbons (Fsp3) is 0.250. The largest absolute Gasteiger partial charge is 2.00 e. The minimum absolute atomic E-state index is 0. The molecule has 2 N–H and O–H groups in total.